The van der Waals surface area contributed by atoms with Crippen LogP contribution in [0.5, 0.6) is 0 Å². The van der Waals surface area contributed by atoms with E-state index in [1.54, 1.807) is 6.07 Å². The van der Waals surface area contributed by atoms with Gasteiger partial charge in [0.1, 0.15) is 4.21 Å². The maximum atomic E-state index is 11.6. The van der Waals surface area contributed by atoms with Gasteiger partial charge in [-0.25, -0.2) is 13.6 Å². The molecule has 2 N–H and O–H groups in total. The van der Waals surface area contributed by atoms with Gasteiger partial charge in [0.15, 0.2) is 0 Å². The summed E-state index contributed by atoms with van der Waals surface area (Å²) < 4.78 is 27.5. The van der Waals surface area contributed by atoms with Crippen molar-refractivity contribution in [1.82, 2.24) is 0 Å². The maximum absolute atomic E-state index is 11.6. The van der Waals surface area contributed by atoms with Gasteiger partial charge in [-0.2, -0.15) is 0 Å². The summed E-state index contributed by atoms with van der Waals surface area (Å²) in [4.78, 5) is 12.3. The molecule has 0 unspecified atom stereocenters. The Morgan fingerprint density at radius 2 is 2.05 bits per heavy atom. The van der Waals surface area contributed by atoms with Crippen LogP contribution < -0.4 is 5.14 Å². The molecule has 19 heavy (non-hydrogen) atoms. The van der Waals surface area contributed by atoms with Gasteiger partial charge < -0.3 is 4.74 Å². The van der Waals surface area contributed by atoms with Crippen molar-refractivity contribution in [1.29, 1.82) is 0 Å². The number of sulfonamides is 1. The molecular weight excluding hydrogens is 286 g/mol. The van der Waals surface area contributed by atoms with Gasteiger partial charge in [-0.1, -0.05) is 12.8 Å². The SMILES string of the molecule is NS(=O)(=O)c1ccc(CC(=O)OCC2CCCC2)s1. The van der Waals surface area contributed by atoms with Crippen LogP contribution >= 0.6 is 11.3 Å². The average molecular weight is 303 g/mol. The third kappa shape index (κ3) is 4.29. The second-order valence-corrected chi connectivity index (χ2v) is 7.73. The van der Waals surface area contributed by atoms with Gasteiger partial charge in [0, 0.05) is 4.88 Å². The smallest absolute Gasteiger partial charge is 0.311 e. The average Bonchev–Trinajstić information content (AvgIpc) is 2.95. The Bertz CT molecular complexity index is 544. The van der Waals surface area contributed by atoms with E-state index in [0.29, 0.717) is 17.4 Å². The third-order valence-corrected chi connectivity index (χ3v) is 5.71. The minimum atomic E-state index is -3.68. The highest BCUT2D eigenvalue weighted by atomic mass is 32.2. The zero-order valence-corrected chi connectivity index (χ0v) is 12.1. The third-order valence-electron chi connectivity index (χ3n) is 3.19. The first kappa shape index (κ1) is 14.5. The van der Waals surface area contributed by atoms with Crippen LogP contribution in [0, 0.1) is 5.92 Å². The van der Waals surface area contributed by atoms with Crippen LogP contribution in [-0.4, -0.2) is 21.0 Å². The molecule has 1 fully saturated rings. The molecule has 106 valence electrons. The van der Waals surface area contributed by atoms with E-state index >= 15 is 0 Å². The fourth-order valence-corrected chi connectivity index (χ4v) is 3.95. The van der Waals surface area contributed by atoms with Crippen LogP contribution in [0.1, 0.15) is 30.6 Å². The summed E-state index contributed by atoms with van der Waals surface area (Å²) in [7, 11) is -3.68. The summed E-state index contributed by atoms with van der Waals surface area (Å²) in [6.07, 6.45) is 4.78. The number of nitrogens with two attached hydrogens (primary N) is 1. The van der Waals surface area contributed by atoms with Gasteiger partial charge in [0.05, 0.1) is 13.0 Å². The monoisotopic (exact) mass is 303 g/mol. The minimum Gasteiger partial charge on any atom is -0.465 e. The summed E-state index contributed by atoms with van der Waals surface area (Å²) in [5.74, 6) is 0.182. The van der Waals surface area contributed by atoms with Crippen molar-refractivity contribution >= 4 is 27.3 Å². The molecule has 7 heteroatoms. The molecule has 0 radical (unpaired) electrons. The van der Waals surface area contributed by atoms with Crippen molar-refractivity contribution in [2.24, 2.45) is 11.1 Å². The van der Waals surface area contributed by atoms with Crippen molar-refractivity contribution in [3.8, 4) is 0 Å². The normalized spacial score (nSPS) is 16.7. The molecule has 1 aromatic heterocycles. The highest BCUT2D eigenvalue weighted by molar-refractivity contribution is 7.91. The van der Waals surface area contributed by atoms with Crippen molar-refractivity contribution in [2.45, 2.75) is 36.3 Å². The number of esters is 1. The lowest BCUT2D eigenvalue weighted by Gasteiger charge is -2.09. The zero-order chi connectivity index (χ0) is 13.9. The molecule has 0 aromatic carbocycles. The van der Waals surface area contributed by atoms with Crippen molar-refractivity contribution in [3.63, 3.8) is 0 Å². The van der Waals surface area contributed by atoms with Crippen LogP contribution in [0.4, 0.5) is 0 Å². The predicted octanol–water partition coefficient (Wildman–Crippen LogP) is 1.67. The van der Waals surface area contributed by atoms with E-state index in [1.807, 2.05) is 0 Å². The molecular formula is C12H17NO4S2. The molecule has 0 aliphatic heterocycles. The van der Waals surface area contributed by atoms with E-state index in [9.17, 15) is 13.2 Å². The van der Waals surface area contributed by atoms with Crippen molar-refractivity contribution < 1.29 is 17.9 Å². The molecule has 0 atom stereocenters. The van der Waals surface area contributed by atoms with Crippen LogP contribution in [0.25, 0.3) is 0 Å². The van der Waals surface area contributed by atoms with E-state index in [2.05, 4.69) is 0 Å². The van der Waals surface area contributed by atoms with Crippen molar-refractivity contribution in [2.75, 3.05) is 6.61 Å². The van der Waals surface area contributed by atoms with Gasteiger partial charge in [-0.05, 0) is 30.9 Å². The number of carbonyl (C=O) groups is 1. The molecule has 1 aromatic rings. The summed E-state index contributed by atoms with van der Waals surface area (Å²) in [6.45, 7) is 0.478. The highest BCUT2D eigenvalue weighted by Gasteiger charge is 2.18. The van der Waals surface area contributed by atoms with Crippen LogP contribution in [0.2, 0.25) is 0 Å². The zero-order valence-electron chi connectivity index (χ0n) is 10.5. The van der Waals surface area contributed by atoms with Gasteiger partial charge >= 0.3 is 5.97 Å². The molecule has 0 saturated heterocycles. The maximum Gasteiger partial charge on any atom is 0.311 e. The second kappa shape index (κ2) is 6.02. The molecule has 5 nitrogen and oxygen atoms in total. The summed E-state index contributed by atoms with van der Waals surface area (Å²) >= 11 is 1.01. The Labute approximate surface area is 116 Å². The van der Waals surface area contributed by atoms with Crippen LogP contribution in [-0.2, 0) is 26.0 Å². The first-order valence-corrected chi connectivity index (χ1v) is 8.58. The Hall–Kier alpha value is -0.920. The van der Waals surface area contributed by atoms with Gasteiger partial charge in [-0.15, -0.1) is 11.3 Å². The molecule has 1 saturated carbocycles. The Morgan fingerprint density at radius 3 is 2.63 bits per heavy atom. The first-order valence-electron chi connectivity index (χ1n) is 6.22. The second-order valence-electron chi connectivity index (χ2n) is 4.78. The molecule has 0 spiro atoms. The fourth-order valence-electron chi connectivity index (χ4n) is 2.19. The van der Waals surface area contributed by atoms with E-state index in [-0.39, 0.29) is 16.6 Å². The van der Waals surface area contributed by atoms with E-state index in [4.69, 9.17) is 9.88 Å². The lowest BCUT2D eigenvalue weighted by atomic mass is 10.1. The van der Waals surface area contributed by atoms with E-state index in [0.717, 1.165) is 24.2 Å². The molecule has 0 bridgehead atoms. The number of primary sulfonamides is 1. The number of hydrogen-bond acceptors (Lipinski definition) is 5. The van der Waals surface area contributed by atoms with E-state index < -0.39 is 10.0 Å². The van der Waals surface area contributed by atoms with Crippen molar-refractivity contribution in [3.05, 3.63) is 17.0 Å². The number of carbonyl (C=O) groups excluding carboxylic acids is 1. The minimum absolute atomic E-state index is 0.0751. The topological polar surface area (TPSA) is 86.5 Å². The molecule has 0 amide bonds. The van der Waals surface area contributed by atoms with Gasteiger partial charge in [0.25, 0.3) is 0 Å². The summed E-state index contributed by atoms with van der Waals surface area (Å²) in [5.41, 5.74) is 0. The van der Waals surface area contributed by atoms with Crippen LogP contribution in [0.15, 0.2) is 16.3 Å². The largest absolute Gasteiger partial charge is 0.465 e. The number of ether oxygens (including phenoxy) is 1. The van der Waals surface area contributed by atoms with Gasteiger partial charge in [-0.3, -0.25) is 4.79 Å². The molecule has 1 aliphatic carbocycles. The number of thiophene rings is 1. The lowest BCUT2D eigenvalue weighted by Crippen LogP contribution is -2.13. The lowest BCUT2D eigenvalue weighted by molar-refractivity contribution is -0.144. The van der Waals surface area contributed by atoms with Crippen LogP contribution in [0.3, 0.4) is 0 Å². The molecule has 2 rings (SSSR count). The predicted molar refractivity (Wildman–Crippen MR) is 72.3 cm³/mol. The summed E-state index contributed by atoms with van der Waals surface area (Å²) in [6, 6.07) is 3.01. The Kier molecular flexibility index (Phi) is 4.59. The summed E-state index contributed by atoms with van der Waals surface area (Å²) in [5, 5.41) is 5.01. The Balaban J connectivity index is 1.83. The first-order chi connectivity index (χ1) is 8.95. The van der Waals surface area contributed by atoms with Gasteiger partial charge in [0.2, 0.25) is 10.0 Å². The molecule has 1 heterocycles. The van der Waals surface area contributed by atoms with E-state index in [1.165, 1.54) is 18.9 Å². The standard InChI is InChI=1S/C12H17NO4S2/c13-19(15,16)12-6-5-10(18-12)7-11(14)17-8-9-3-1-2-4-9/h5-6,9H,1-4,7-8H2,(H2,13,15,16). The number of rotatable bonds is 5. The molecule has 1 aliphatic rings. The Morgan fingerprint density at radius 1 is 1.37 bits per heavy atom. The highest BCUT2D eigenvalue weighted by Crippen LogP contribution is 2.25. The quantitative estimate of drug-likeness (QED) is 0.838. The fraction of sp³-hybridized carbons (Fsp3) is 0.583. The number of hydrogen-bond donors (Lipinski definition) is 1.